The molecular weight excluding hydrogens is 330 g/mol. The van der Waals surface area contributed by atoms with Crippen LogP contribution in [0.3, 0.4) is 0 Å². The molecule has 1 fully saturated rings. The third-order valence-corrected chi connectivity index (χ3v) is 3.54. The van der Waals surface area contributed by atoms with E-state index in [2.05, 4.69) is 26.2 Å². The number of pyridine rings is 1. The number of nitrogens with one attached hydrogen (secondary N) is 1. The Hall–Kier alpha value is -1.96. The number of carbonyl (C=O) groups excluding carboxylic acids is 2. The maximum Gasteiger partial charge on any atom is 0.339 e. The van der Waals surface area contributed by atoms with E-state index in [1.54, 1.807) is 13.8 Å². The van der Waals surface area contributed by atoms with Crippen LogP contribution in [0.4, 0.5) is 5.82 Å². The monoisotopic (exact) mass is 341 g/mol. The summed E-state index contributed by atoms with van der Waals surface area (Å²) in [5, 5.41) is 11.5. The molecule has 2 heterocycles. The van der Waals surface area contributed by atoms with Gasteiger partial charge in [-0.15, -0.1) is 0 Å². The van der Waals surface area contributed by atoms with Gasteiger partial charge >= 0.3 is 5.97 Å². The molecule has 0 bridgehead atoms. The van der Waals surface area contributed by atoms with E-state index in [1.165, 1.54) is 17.2 Å². The molecule has 2 N–H and O–H groups in total. The SMILES string of the molecule is CC1(C)C(=O)NC(=O)CN1c1ncc(Br)cc1C(=O)O. The van der Waals surface area contributed by atoms with Crippen LogP contribution in [0, 0.1) is 0 Å². The van der Waals surface area contributed by atoms with Crippen molar-refractivity contribution in [2.45, 2.75) is 19.4 Å². The Labute approximate surface area is 123 Å². The molecule has 106 valence electrons. The van der Waals surface area contributed by atoms with Crippen molar-refractivity contribution in [3.05, 3.63) is 22.3 Å². The number of halogens is 1. The number of anilines is 1. The fourth-order valence-corrected chi connectivity index (χ4v) is 2.26. The maximum atomic E-state index is 11.9. The molecular formula is C12H12BrN3O4. The minimum atomic E-state index is -1.18. The smallest absolute Gasteiger partial charge is 0.339 e. The number of amides is 2. The fraction of sp³-hybridized carbons (Fsp3) is 0.333. The van der Waals surface area contributed by atoms with Crippen LogP contribution >= 0.6 is 15.9 Å². The molecule has 7 nitrogen and oxygen atoms in total. The molecule has 1 saturated heterocycles. The zero-order valence-corrected chi connectivity index (χ0v) is 12.4. The molecule has 1 aromatic rings. The number of imide groups is 1. The predicted octanol–water partition coefficient (Wildman–Crippen LogP) is 0.784. The highest BCUT2D eigenvalue weighted by Gasteiger charge is 2.42. The first kappa shape index (κ1) is 14.4. The second-order valence-corrected chi connectivity index (χ2v) is 5.77. The first-order valence-corrected chi connectivity index (χ1v) is 6.53. The van der Waals surface area contributed by atoms with E-state index in [0.29, 0.717) is 4.47 Å². The molecule has 0 aromatic carbocycles. The molecule has 20 heavy (non-hydrogen) atoms. The lowest BCUT2D eigenvalue weighted by atomic mass is 9.98. The van der Waals surface area contributed by atoms with Crippen LogP contribution in [-0.2, 0) is 9.59 Å². The molecule has 0 spiro atoms. The maximum absolute atomic E-state index is 11.9. The van der Waals surface area contributed by atoms with E-state index in [9.17, 15) is 19.5 Å². The van der Waals surface area contributed by atoms with Crippen molar-refractivity contribution in [3.63, 3.8) is 0 Å². The molecule has 0 aliphatic carbocycles. The Balaban J connectivity index is 2.57. The number of hydrogen-bond acceptors (Lipinski definition) is 5. The standard InChI is InChI=1S/C12H12BrN3O4/c1-12(2)11(20)15-8(17)5-16(12)9-7(10(18)19)3-6(13)4-14-9/h3-4H,5H2,1-2H3,(H,18,19)(H,15,17,20). The van der Waals surface area contributed by atoms with Gasteiger partial charge in [-0.1, -0.05) is 0 Å². The average molecular weight is 342 g/mol. The topological polar surface area (TPSA) is 99.6 Å². The number of piperazine rings is 1. The van der Waals surface area contributed by atoms with Gasteiger partial charge in [0.1, 0.15) is 16.9 Å². The fourth-order valence-electron chi connectivity index (χ4n) is 1.93. The van der Waals surface area contributed by atoms with Gasteiger partial charge in [-0.05, 0) is 35.8 Å². The number of hydrogen-bond donors (Lipinski definition) is 2. The molecule has 2 amide bonds. The number of rotatable bonds is 2. The summed E-state index contributed by atoms with van der Waals surface area (Å²) in [4.78, 5) is 40.2. The lowest BCUT2D eigenvalue weighted by Crippen LogP contribution is -2.64. The third kappa shape index (κ3) is 2.38. The van der Waals surface area contributed by atoms with Crippen LogP contribution in [-0.4, -0.2) is 40.0 Å². The van der Waals surface area contributed by atoms with Gasteiger partial charge in [0.25, 0.3) is 5.91 Å². The lowest BCUT2D eigenvalue weighted by Gasteiger charge is -2.41. The third-order valence-electron chi connectivity index (χ3n) is 3.10. The molecule has 2 rings (SSSR count). The average Bonchev–Trinajstić information content (AvgIpc) is 2.34. The summed E-state index contributed by atoms with van der Waals surface area (Å²) in [7, 11) is 0. The van der Waals surface area contributed by atoms with E-state index >= 15 is 0 Å². The van der Waals surface area contributed by atoms with E-state index < -0.39 is 23.3 Å². The minimum absolute atomic E-state index is 0.0741. The quantitative estimate of drug-likeness (QED) is 0.771. The Morgan fingerprint density at radius 3 is 2.75 bits per heavy atom. The molecule has 0 unspecified atom stereocenters. The van der Waals surface area contributed by atoms with Crippen molar-refractivity contribution in [3.8, 4) is 0 Å². The van der Waals surface area contributed by atoms with Gasteiger partial charge in [-0.2, -0.15) is 0 Å². The van der Waals surface area contributed by atoms with Gasteiger partial charge in [-0.25, -0.2) is 9.78 Å². The zero-order valence-electron chi connectivity index (χ0n) is 10.8. The van der Waals surface area contributed by atoms with Crippen molar-refractivity contribution in [2.24, 2.45) is 0 Å². The molecule has 1 aliphatic rings. The minimum Gasteiger partial charge on any atom is -0.478 e. The van der Waals surface area contributed by atoms with E-state index in [4.69, 9.17) is 0 Å². The van der Waals surface area contributed by atoms with Crippen molar-refractivity contribution in [1.29, 1.82) is 0 Å². The Morgan fingerprint density at radius 1 is 1.50 bits per heavy atom. The number of carbonyl (C=O) groups is 3. The normalized spacial score (nSPS) is 17.9. The van der Waals surface area contributed by atoms with Crippen LogP contribution in [0.15, 0.2) is 16.7 Å². The van der Waals surface area contributed by atoms with Crippen LogP contribution in [0.1, 0.15) is 24.2 Å². The summed E-state index contributed by atoms with van der Waals surface area (Å²) < 4.78 is 0.504. The Bertz CT molecular complexity index is 615. The molecule has 0 atom stereocenters. The number of aromatic carboxylic acids is 1. The van der Waals surface area contributed by atoms with Crippen LogP contribution < -0.4 is 10.2 Å². The van der Waals surface area contributed by atoms with Gasteiger partial charge in [0.05, 0.1) is 6.54 Å². The molecule has 8 heteroatoms. The van der Waals surface area contributed by atoms with Crippen LogP contribution in [0.5, 0.6) is 0 Å². The molecule has 1 aliphatic heterocycles. The van der Waals surface area contributed by atoms with Crippen LogP contribution in [0.25, 0.3) is 0 Å². The van der Waals surface area contributed by atoms with Gasteiger partial charge < -0.3 is 10.0 Å². The van der Waals surface area contributed by atoms with Crippen molar-refractivity contribution >= 4 is 39.5 Å². The first-order valence-electron chi connectivity index (χ1n) is 5.74. The van der Waals surface area contributed by atoms with E-state index in [1.807, 2.05) is 0 Å². The number of carboxylic acid groups (broad SMARTS) is 1. The number of aromatic nitrogens is 1. The van der Waals surface area contributed by atoms with Gasteiger partial charge in [-0.3, -0.25) is 14.9 Å². The summed E-state index contributed by atoms with van der Waals surface area (Å²) in [5.74, 6) is -2.07. The second-order valence-electron chi connectivity index (χ2n) is 4.85. The first-order chi connectivity index (χ1) is 9.23. The van der Waals surface area contributed by atoms with Gasteiger partial charge in [0.15, 0.2) is 0 Å². The molecule has 0 saturated carbocycles. The summed E-state index contributed by atoms with van der Waals surface area (Å²) in [5.41, 5.74) is -1.14. The van der Waals surface area contributed by atoms with Gasteiger partial charge in [0.2, 0.25) is 5.91 Å². The molecule has 1 aromatic heterocycles. The molecule has 0 radical (unpaired) electrons. The summed E-state index contributed by atoms with van der Waals surface area (Å²) in [6.45, 7) is 3.07. The second kappa shape index (κ2) is 4.86. The highest BCUT2D eigenvalue weighted by molar-refractivity contribution is 9.10. The van der Waals surface area contributed by atoms with Crippen molar-refractivity contribution in [1.82, 2.24) is 10.3 Å². The summed E-state index contributed by atoms with van der Waals surface area (Å²) in [6, 6.07) is 1.39. The van der Waals surface area contributed by atoms with E-state index in [0.717, 1.165) is 0 Å². The number of carboxylic acids is 1. The summed E-state index contributed by atoms with van der Waals surface area (Å²) >= 11 is 3.15. The predicted molar refractivity (Wildman–Crippen MR) is 73.5 cm³/mol. The summed E-state index contributed by atoms with van der Waals surface area (Å²) in [6.07, 6.45) is 1.43. The zero-order chi connectivity index (χ0) is 15.1. The Kier molecular flexibility index (Phi) is 3.51. The lowest BCUT2D eigenvalue weighted by molar-refractivity contribution is -0.135. The highest BCUT2D eigenvalue weighted by atomic mass is 79.9. The van der Waals surface area contributed by atoms with Crippen molar-refractivity contribution in [2.75, 3.05) is 11.4 Å². The van der Waals surface area contributed by atoms with Crippen molar-refractivity contribution < 1.29 is 19.5 Å². The highest BCUT2D eigenvalue weighted by Crippen LogP contribution is 2.29. The largest absolute Gasteiger partial charge is 0.478 e. The van der Waals surface area contributed by atoms with E-state index in [-0.39, 0.29) is 17.9 Å². The van der Waals surface area contributed by atoms with Crippen LogP contribution in [0.2, 0.25) is 0 Å². The Morgan fingerprint density at radius 2 is 2.15 bits per heavy atom. The number of nitrogens with zero attached hydrogens (tertiary/aromatic N) is 2. The van der Waals surface area contributed by atoms with Gasteiger partial charge in [0, 0.05) is 10.7 Å².